The number of hydrogen-bond acceptors (Lipinski definition) is 5. The van der Waals surface area contributed by atoms with Crippen LogP contribution in [0.5, 0.6) is 11.5 Å². The first-order valence-corrected chi connectivity index (χ1v) is 9.97. The molecule has 0 bridgehead atoms. The lowest BCUT2D eigenvalue weighted by Crippen LogP contribution is -2.31. The fraction of sp³-hybridized carbons (Fsp3) is 0.278. The summed E-state index contributed by atoms with van der Waals surface area (Å²) in [7, 11) is -1.00. The predicted octanol–water partition coefficient (Wildman–Crippen LogP) is 3.02. The maximum atomic E-state index is 13.9. The van der Waals surface area contributed by atoms with Crippen molar-refractivity contribution in [2.24, 2.45) is 0 Å². The molecular formula is C18H20F2N2O5S. The number of sulfonamides is 1. The van der Waals surface area contributed by atoms with E-state index in [1.807, 2.05) is 0 Å². The van der Waals surface area contributed by atoms with Crippen molar-refractivity contribution < 1.29 is 31.5 Å². The van der Waals surface area contributed by atoms with Crippen LogP contribution >= 0.6 is 0 Å². The molecule has 0 spiro atoms. The third kappa shape index (κ3) is 4.50. The highest BCUT2D eigenvalue weighted by Gasteiger charge is 2.25. The average Bonchev–Trinajstić information content (AvgIpc) is 2.62. The standard InChI is InChI=1S/C18H20F2N2O5S/c1-5-22(28(4,24)25)15-10-17(27-3)16(26-2)9-12(15)18(23)21-14-7-6-11(19)8-13(14)20/h6-10H,5H2,1-4H3,(H,21,23). The van der Waals surface area contributed by atoms with Crippen molar-refractivity contribution in [2.75, 3.05) is 36.6 Å². The predicted molar refractivity (Wildman–Crippen MR) is 102 cm³/mol. The van der Waals surface area contributed by atoms with Gasteiger partial charge in [0.25, 0.3) is 5.91 Å². The number of anilines is 2. The van der Waals surface area contributed by atoms with E-state index in [2.05, 4.69) is 5.32 Å². The number of amides is 1. The third-order valence-electron chi connectivity index (χ3n) is 3.88. The first-order valence-electron chi connectivity index (χ1n) is 8.12. The van der Waals surface area contributed by atoms with E-state index >= 15 is 0 Å². The van der Waals surface area contributed by atoms with Gasteiger partial charge in [-0.25, -0.2) is 17.2 Å². The van der Waals surface area contributed by atoms with E-state index in [4.69, 9.17) is 9.47 Å². The lowest BCUT2D eigenvalue weighted by atomic mass is 10.1. The van der Waals surface area contributed by atoms with Crippen LogP contribution in [0.4, 0.5) is 20.2 Å². The fourth-order valence-electron chi connectivity index (χ4n) is 2.62. The summed E-state index contributed by atoms with van der Waals surface area (Å²) in [4.78, 5) is 12.8. The number of rotatable bonds is 7. The molecule has 0 aliphatic heterocycles. The van der Waals surface area contributed by atoms with Crippen molar-refractivity contribution in [3.63, 3.8) is 0 Å². The van der Waals surface area contributed by atoms with Crippen LogP contribution in [0.15, 0.2) is 30.3 Å². The zero-order chi connectivity index (χ0) is 21.1. The van der Waals surface area contributed by atoms with Crippen molar-refractivity contribution in [1.82, 2.24) is 0 Å². The summed E-state index contributed by atoms with van der Waals surface area (Å²) in [5, 5.41) is 2.31. The number of nitrogens with one attached hydrogen (secondary N) is 1. The number of nitrogens with zero attached hydrogens (tertiary/aromatic N) is 1. The van der Waals surface area contributed by atoms with Crippen molar-refractivity contribution in [1.29, 1.82) is 0 Å². The van der Waals surface area contributed by atoms with Crippen molar-refractivity contribution in [2.45, 2.75) is 6.92 Å². The van der Waals surface area contributed by atoms with E-state index < -0.39 is 27.6 Å². The van der Waals surface area contributed by atoms with Gasteiger partial charge in [-0.05, 0) is 25.1 Å². The van der Waals surface area contributed by atoms with Crippen LogP contribution in [0.3, 0.4) is 0 Å². The second kappa shape index (κ2) is 8.42. The molecule has 0 aliphatic rings. The Hall–Kier alpha value is -2.88. The number of carbonyl (C=O) groups excluding carboxylic acids is 1. The van der Waals surface area contributed by atoms with Crippen LogP contribution in [0.2, 0.25) is 0 Å². The van der Waals surface area contributed by atoms with Gasteiger partial charge in [0.1, 0.15) is 11.6 Å². The number of methoxy groups -OCH3 is 2. The van der Waals surface area contributed by atoms with Crippen LogP contribution in [0.1, 0.15) is 17.3 Å². The maximum absolute atomic E-state index is 13.9. The highest BCUT2D eigenvalue weighted by Crippen LogP contribution is 2.36. The zero-order valence-corrected chi connectivity index (χ0v) is 16.6. The number of ether oxygens (including phenoxy) is 2. The minimum Gasteiger partial charge on any atom is -0.493 e. The normalized spacial score (nSPS) is 11.1. The summed E-state index contributed by atoms with van der Waals surface area (Å²) in [6.07, 6.45) is 0.995. The van der Waals surface area contributed by atoms with Gasteiger partial charge >= 0.3 is 0 Å². The minimum atomic E-state index is -3.72. The molecule has 0 heterocycles. The van der Waals surface area contributed by atoms with Gasteiger partial charge in [0.15, 0.2) is 11.5 Å². The molecule has 0 fully saturated rings. The molecule has 0 aromatic heterocycles. The topological polar surface area (TPSA) is 84.9 Å². The molecule has 1 N–H and O–H groups in total. The van der Waals surface area contributed by atoms with E-state index in [-0.39, 0.29) is 35.0 Å². The van der Waals surface area contributed by atoms with Crippen molar-refractivity contribution >= 4 is 27.3 Å². The Bertz CT molecular complexity index is 996. The van der Waals surface area contributed by atoms with Crippen molar-refractivity contribution in [3.05, 3.63) is 47.5 Å². The second-order valence-corrected chi connectivity index (χ2v) is 7.64. The Morgan fingerprint density at radius 1 is 1.11 bits per heavy atom. The third-order valence-corrected chi connectivity index (χ3v) is 5.14. The molecule has 7 nitrogen and oxygen atoms in total. The van der Waals surface area contributed by atoms with Gasteiger partial charge in [-0.3, -0.25) is 9.10 Å². The van der Waals surface area contributed by atoms with E-state index in [1.165, 1.54) is 26.4 Å². The van der Waals surface area contributed by atoms with Crippen LogP contribution < -0.4 is 19.1 Å². The summed E-state index contributed by atoms with van der Waals surface area (Å²) < 4.78 is 62.7. The molecule has 2 rings (SSSR count). The van der Waals surface area contributed by atoms with Gasteiger partial charge < -0.3 is 14.8 Å². The Morgan fingerprint density at radius 2 is 1.71 bits per heavy atom. The Morgan fingerprint density at radius 3 is 2.21 bits per heavy atom. The molecular weight excluding hydrogens is 394 g/mol. The van der Waals surface area contributed by atoms with Gasteiger partial charge in [-0.15, -0.1) is 0 Å². The molecule has 0 unspecified atom stereocenters. The number of hydrogen-bond donors (Lipinski definition) is 1. The van der Waals surface area contributed by atoms with Crippen molar-refractivity contribution in [3.8, 4) is 11.5 Å². The molecule has 10 heteroatoms. The number of benzene rings is 2. The molecule has 0 radical (unpaired) electrons. The van der Waals surface area contributed by atoms with Gasteiger partial charge in [0.2, 0.25) is 10.0 Å². The van der Waals surface area contributed by atoms with Crippen LogP contribution in [0.25, 0.3) is 0 Å². The van der Waals surface area contributed by atoms with Gasteiger partial charge in [-0.2, -0.15) is 0 Å². The van der Waals surface area contributed by atoms with E-state index in [1.54, 1.807) is 6.92 Å². The smallest absolute Gasteiger partial charge is 0.258 e. The second-order valence-electron chi connectivity index (χ2n) is 5.73. The summed E-state index contributed by atoms with van der Waals surface area (Å²) in [5.41, 5.74) is -0.314. The maximum Gasteiger partial charge on any atom is 0.258 e. The monoisotopic (exact) mass is 414 g/mol. The summed E-state index contributed by atoms with van der Waals surface area (Å²) in [6.45, 7) is 1.64. The van der Waals surface area contributed by atoms with Gasteiger partial charge in [0, 0.05) is 18.7 Å². The molecule has 28 heavy (non-hydrogen) atoms. The lowest BCUT2D eigenvalue weighted by molar-refractivity contribution is 0.102. The summed E-state index contributed by atoms with van der Waals surface area (Å²) in [6, 6.07) is 5.32. The molecule has 152 valence electrons. The fourth-order valence-corrected chi connectivity index (χ4v) is 3.60. The van der Waals surface area contributed by atoms with Crippen LogP contribution in [-0.4, -0.2) is 41.3 Å². The highest BCUT2D eigenvalue weighted by atomic mass is 32.2. The minimum absolute atomic E-state index is 0.0302. The summed E-state index contributed by atoms with van der Waals surface area (Å²) >= 11 is 0. The quantitative estimate of drug-likeness (QED) is 0.753. The average molecular weight is 414 g/mol. The molecule has 0 atom stereocenters. The van der Waals surface area contributed by atoms with Crippen LogP contribution in [-0.2, 0) is 10.0 Å². The number of carbonyl (C=O) groups is 1. The van der Waals surface area contributed by atoms with E-state index in [0.29, 0.717) is 6.07 Å². The molecule has 1 amide bonds. The van der Waals surface area contributed by atoms with E-state index in [9.17, 15) is 22.0 Å². The zero-order valence-electron chi connectivity index (χ0n) is 15.7. The summed E-state index contributed by atoms with van der Waals surface area (Å²) in [5.74, 6) is -2.17. The highest BCUT2D eigenvalue weighted by molar-refractivity contribution is 7.92. The van der Waals surface area contributed by atoms with E-state index in [0.717, 1.165) is 22.7 Å². The lowest BCUT2D eigenvalue weighted by Gasteiger charge is -2.24. The number of halogens is 2. The molecule has 0 saturated carbocycles. The SMILES string of the molecule is CCN(c1cc(OC)c(OC)cc1C(=O)Nc1ccc(F)cc1F)S(C)(=O)=O. The first-order chi connectivity index (χ1) is 13.1. The largest absolute Gasteiger partial charge is 0.493 e. The van der Waals surface area contributed by atoms with Gasteiger partial charge in [-0.1, -0.05) is 0 Å². The first kappa shape index (κ1) is 21.4. The Labute approximate surface area is 161 Å². The van der Waals surface area contributed by atoms with Gasteiger partial charge in [0.05, 0.1) is 37.4 Å². The Kier molecular flexibility index (Phi) is 6.45. The van der Waals surface area contributed by atoms with Crippen LogP contribution in [0, 0.1) is 11.6 Å². The molecule has 0 aliphatic carbocycles. The Balaban J connectivity index is 2.61. The molecule has 2 aromatic carbocycles. The molecule has 2 aromatic rings. The molecule has 0 saturated heterocycles.